The zero-order valence-electron chi connectivity index (χ0n) is 12.2. The predicted molar refractivity (Wildman–Crippen MR) is 82.8 cm³/mol. The van der Waals surface area contributed by atoms with Crippen molar-refractivity contribution in [2.24, 2.45) is 0 Å². The van der Waals surface area contributed by atoms with Gasteiger partial charge in [-0.15, -0.1) is 10.2 Å². The molecule has 0 bridgehead atoms. The summed E-state index contributed by atoms with van der Waals surface area (Å²) in [6, 6.07) is 8.01. The minimum Gasteiger partial charge on any atom is -0.494 e. The predicted octanol–water partition coefficient (Wildman–Crippen LogP) is 2.66. The van der Waals surface area contributed by atoms with Gasteiger partial charge in [0.15, 0.2) is 0 Å². The normalized spacial score (nSPS) is 11.2. The molecule has 3 heterocycles. The lowest BCUT2D eigenvalue weighted by Gasteiger charge is -2.10. The molecule has 0 atom stereocenters. The molecule has 6 nitrogen and oxygen atoms in total. The van der Waals surface area contributed by atoms with Crippen molar-refractivity contribution in [1.82, 2.24) is 24.6 Å². The number of methoxy groups -OCH3 is 1. The largest absolute Gasteiger partial charge is 0.494 e. The van der Waals surface area contributed by atoms with Crippen LogP contribution in [0.4, 0.5) is 0 Å². The van der Waals surface area contributed by atoms with E-state index in [9.17, 15) is 0 Å². The van der Waals surface area contributed by atoms with Gasteiger partial charge in [-0.25, -0.2) is 9.97 Å². The summed E-state index contributed by atoms with van der Waals surface area (Å²) >= 11 is 0. The van der Waals surface area contributed by atoms with Crippen LogP contribution in [0.25, 0.3) is 27.8 Å². The number of fused-ring (bicyclic) bond motifs is 2. The van der Waals surface area contributed by atoms with E-state index in [0.717, 1.165) is 33.5 Å². The van der Waals surface area contributed by atoms with Crippen LogP contribution in [0.15, 0.2) is 43.0 Å². The van der Waals surface area contributed by atoms with Crippen molar-refractivity contribution >= 4 is 16.7 Å². The highest BCUT2D eigenvalue weighted by Crippen LogP contribution is 2.33. The average molecular weight is 291 g/mol. The number of hydrogen-bond donors (Lipinski definition) is 0. The maximum absolute atomic E-state index is 5.43. The minimum absolute atomic E-state index is 0.579. The molecule has 0 amide bonds. The van der Waals surface area contributed by atoms with Crippen molar-refractivity contribution in [3.8, 4) is 16.9 Å². The van der Waals surface area contributed by atoms with Crippen LogP contribution in [-0.4, -0.2) is 31.7 Å². The molecular formula is C16H13N5O. The molecule has 0 saturated heterocycles. The Morgan fingerprint density at radius 2 is 2.05 bits per heavy atom. The van der Waals surface area contributed by atoms with E-state index < -0.39 is 0 Å². The van der Waals surface area contributed by atoms with Crippen LogP contribution in [0.1, 0.15) is 5.69 Å². The first-order valence-corrected chi connectivity index (χ1v) is 6.86. The molecule has 3 aromatic heterocycles. The van der Waals surface area contributed by atoms with Crippen LogP contribution in [0.3, 0.4) is 0 Å². The Bertz CT molecular complexity index is 992. The zero-order valence-corrected chi connectivity index (χ0v) is 12.2. The molecule has 108 valence electrons. The summed E-state index contributed by atoms with van der Waals surface area (Å²) < 4.78 is 7.23. The van der Waals surface area contributed by atoms with Gasteiger partial charge in [0.05, 0.1) is 7.11 Å². The first-order valence-electron chi connectivity index (χ1n) is 6.86. The van der Waals surface area contributed by atoms with Crippen LogP contribution < -0.4 is 4.74 Å². The van der Waals surface area contributed by atoms with Gasteiger partial charge in [0, 0.05) is 29.0 Å². The summed E-state index contributed by atoms with van der Waals surface area (Å²) in [7, 11) is 1.66. The molecular weight excluding hydrogens is 278 g/mol. The fourth-order valence-electron chi connectivity index (χ4n) is 2.58. The first kappa shape index (κ1) is 12.7. The van der Waals surface area contributed by atoms with E-state index in [4.69, 9.17) is 4.74 Å². The van der Waals surface area contributed by atoms with Crippen LogP contribution in [-0.2, 0) is 0 Å². The molecule has 0 saturated carbocycles. The average Bonchev–Trinajstić information content (AvgIpc) is 3.01. The number of benzene rings is 1. The highest BCUT2D eigenvalue weighted by Gasteiger charge is 2.11. The Balaban J connectivity index is 2.01. The fraction of sp³-hybridized carbons (Fsp3) is 0.125. The van der Waals surface area contributed by atoms with Gasteiger partial charge < -0.3 is 4.74 Å². The lowest BCUT2D eigenvalue weighted by atomic mass is 10.0. The number of nitrogens with zero attached hydrogens (tertiary/aromatic N) is 5. The highest BCUT2D eigenvalue weighted by atomic mass is 16.5. The molecule has 22 heavy (non-hydrogen) atoms. The van der Waals surface area contributed by atoms with E-state index in [1.165, 1.54) is 0 Å². The number of rotatable bonds is 2. The molecule has 6 heteroatoms. The third-order valence-corrected chi connectivity index (χ3v) is 3.64. The zero-order chi connectivity index (χ0) is 15.1. The molecule has 0 radical (unpaired) electrons. The molecule has 4 aromatic rings. The van der Waals surface area contributed by atoms with Gasteiger partial charge in [0.25, 0.3) is 5.78 Å². The SMILES string of the molecule is COc1ccc(-c2cnc3nncn3c2)c2ccc(C)nc12. The van der Waals surface area contributed by atoms with Gasteiger partial charge in [-0.3, -0.25) is 4.40 Å². The van der Waals surface area contributed by atoms with Crippen LogP contribution in [0.2, 0.25) is 0 Å². The van der Waals surface area contributed by atoms with Gasteiger partial charge in [-0.05, 0) is 30.7 Å². The standard InChI is InChI=1S/C16H13N5O/c1-10-3-4-13-12(5-6-14(22-2)15(13)19-10)11-7-17-16-20-18-9-21(16)8-11/h3-9H,1-2H3. The third-order valence-electron chi connectivity index (χ3n) is 3.64. The number of aromatic nitrogens is 5. The van der Waals surface area contributed by atoms with Gasteiger partial charge in [0.1, 0.15) is 17.6 Å². The fourth-order valence-corrected chi connectivity index (χ4v) is 2.58. The summed E-state index contributed by atoms with van der Waals surface area (Å²) in [5, 5.41) is 8.81. The molecule has 1 aromatic carbocycles. The number of aryl methyl sites for hydroxylation is 1. The van der Waals surface area contributed by atoms with E-state index in [1.54, 1.807) is 24.0 Å². The number of hydrogen-bond acceptors (Lipinski definition) is 5. The maximum atomic E-state index is 5.43. The van der Waals surface area contributed by atoms with Crippen molar-refractivity contribution in [3.05, 3.63) is 48.7 Å². The van der Waals surface area contributed by atoms with E-state index in [2.05, 4.69) is 26.2 Å². The van der Waals surface area contributed by atoms with E-state index in [1.807, 2.05) is 31.3 Å². The molecule has 0 aliphatic rings. The van der Waals surface area contributed by atoms with Crippen LogP contribution in [0.5, 0.6) is 5.75 Å². The van der Waals surface area contributed by atoms with E-state index in [0.29, 0.717) is 5.78 Å². The highest BCUT2D eigenvalue weighted by molar-refractivity contribution is 5.97. The second kappa shape index (κ2) is 4.77. The van der Waals surface area contributed by atoms with Crippen molar-refractivity contribution in [2.75, 3.05) is 7.11 Å². The Morgan fingerprint density at radius 1 is 1.14 bits per heavy atom. The Kier molecular flexibility index (Phi) is 2.75. The molecule has 0 aliphatic heterocycles. The molecule has 0 unspecified atom stereocenters. The van der Waals surface area contributed by atoms with E-state index >= 15 is 0 Å². The van der Waals surface area contributed by atoms with Gasteiger partial charge in [0.2, 0.25) is 0 Å². The van der Waals surface area contributed by atoms with Crippen molar-refractivity contribution in [3.63, 3.8) is 0 Å². The summed E-state index contributed by atoms with van der Waals surface area (Å²) in [6.45, 7) is 1.97. The Hall–Kier alpha value is -3.02. The number of pyridine rings is 1. The second-order valence-electron chi connectivity index (χ2n) is 5.05. The minimum atomic E-state index is 0.579. The Morgan fingerprint density at radius 3 is 2.91 bits per heavy atom. The third kappa shape index (κ3) is 1.88. The molecule has 4 rings (SSSR count). The number of ether oxygens (including phenoxy) is 1. The first-order chi connectivity index (χ1) is 10.8. The lowest BCUT2D eigenvalue weighted by molar-refractivity contribution is 0.419. The van der Waals surface area contributed by atoms with Gasteiger partial charge in [-0.1, -0.05) is 6.07 Å². The van der Waals surface area contributed by atoms with Crippen molar-refractivity contribution in [1.29, 1.82) is 0 Å². The molecule has 0 aliphatic carbocycles. The van der Waals surface area contributed by atoms with E-state index in [-0.39, 0.29) is 0 Å². The van der Waals surface area contributed by atoms with Crippen LogP contribution >= 0.6 is 0 Å². The van der Waals surface area contributed by atoms with Gasteiger partial charge in [-0.2, -0.15) is 0 Å². The monoisotopic (exact) mass is 291 g/mol. The van der Waals surface area contributed by atoms with Crippen molar-refractivity contribution < 1.29 is 4.74 Å². The summed E-state index contributed by atoms with van der Waals surface area (Å²) in [5.41, 5.74) is 3.83. The van der Waals surface area contributed by atoms with Crippen molar-refractivity contribution in [2.45, 2.75) is 6.92 Å². The van der Waals surface area contributed by atoms with Gasteiger partial charge >= 0.3 is 0 Å². The smallest absolute Gasteiger partial charge is 0.254 e. The molecule has 0 N–H and O–H groups in total. The van der Waals surface area contributed by atoms with Crippen LogP contribution in [0, 0.1) is 6.92 Å². The summed E-state index contributed by atoms with van der Waals surface area (Å²) in [4.78, 5) is 8.93. The topological polar surface area (TPSA) is 65.2 Å². The lowest BCUT2D eigenvalue weighted by Crippen LogP contribution is -1.94. The Labute approximate surface area is 126 Å². The summed E-state index contributed by atoms with van der Waals surface area (Å²) in [6.07, 6.45) is 5.40. The molecule has 0 spiro atoms. The quantitative estimate of drug-likeness (QED) is 0.568. The second-order valence-corrected chi connectivity index (χ2v) is 5.05. The molecule has 0 fully saturated rings. The maximum Gasteiger partial charge on any atom is 0.254 e. The summed E-state index contributed by atoms with van der Waals surface area (Å²) in [5.74, 6) is 1.34.